The van der Waals surface area contributed by atoms with Gasteiger partial charge in [-0.2, -0.15) is 13.2 Å². The van der Waals surface area contributed by atoms with Crippen molar-refractivity contribution < 1.29 is 27.8 Å². The number of carboxylic acid groups (broad SMARTS) is 1. The summed E-state index contributed by atoms with van der Waals surface area (Å²) in [5.41, 5.74) is 1.34. The molecule has 1 aliphatic heterocycles. The van der Waals surface area contributed by atoms with Gasteiger partial charge in [-0.25, -0.2) is 4.79 Å². The second kappa shape index (κ2) is 10.2. The molecule has 2 aromatic rings. The van der Waals surface area contributed by atoms with E-state index in [1.807, 2.05) is 32.1 Å². The minimum absolute atomic E-state index is 0.0909. The molecule has 0 saturated heterocycles. The van der Waals surface area contributed by atoms with Gasteiger partial charge in [0.25, 0.3) is 0 Å². The molecule has 7 heteroatoms. The molecule has 2 N–H and O–H groups in total. The number of rotatable bonds is 5. The van der Waals surface area contributed by atoms with Crippen LogP contribution in [0, 0.1) is 12.8 Å². The maximum Gasteiger partial charge on any atom is 0.420 e. The molecule has 4 nitrogen and oxygen atoms in total. The zero-order valence-electron chi connectivity index (χ0n) is 20.8. The van der Waals surface area contributed by atoms with Crippen LogP contribution in [0.25, 0.3) is 5.57 Å². The monoisotopic (exact) mass is 507 g/mol. The van der Waals surface area contributed by atoms with E-state index in [1.54, 1.807) is 49.4 Å². The van der Waals surface area contributed by atoms with E-state index in [1.165, 1.54) is 6.07 Å². The summed E-state index contributed by atoms with van der Waals surface area (Å²) in [7, 11) is 0. The van der Waals surface area contributed by atoms with Crippen molar-refractivity contribution >= 4 is 17.2 Å². The van der Waals surface area contributed by atoms with E-state index >= 15 is 0 Å². The average Bonchev–Trinajstić information content (AvgIpc) is 2.81. The van der Waals surface area contributed by atoms with Crippen LogP contribution in [-0.4, -0.2) is 17.3 Å². The third-order valence-electron chi connectivity index (χ3n) is 6.40. The number of alkyl halides is 3. The molecular formula is C30H28F3NO3. The number of hydrogen-bond acceptors (Lipinski definition) is 3. The molecular weight excluding hydrogens is 479 g/mol. The molecule has 0 fully saturated rings. The number of anilines is 1. The summed E-state index contributed by atoms with van der Waals surface area (Å²) in [4.78, 5) is 11.7. The summed E-state index contributed by atoms with van der Waals surface area (Å²) in [6, 6.07) is 9.45. The molecule has 2 atom stereocenters. The summed E-state index contributed by atoms with van der Waals surface area (Å²) in [5.74, 6) is -0.943. The molecule has 0 spiro atoms. The Morgan fingerprint density at radius 3 is 2.65 bits per heavy atom. The van der Waals surface area contributed by atoms with Crippen LogP contribution >= 0.6 is 0 Å². The van der Waals surface area contributed by atoms with E-state index in [-0.39, 0.29) is 34.1 Å². The Morgan fingerprint density at radius 1 is 1.22 bits per heavy atom. The van der Waals surface area contributed by atoms with Crippen molar-refractivity contribution in [3.05, 3.63) is 113 Å². The summed E-state index contributed by atoms with van der Waals surface area (Å²) < 4.78 is 49.3. The normalized spacial score (nSPS) is 21.5. The smallest absolute Gasteiger partial charge is 0.420 e. The van der Waals surface area contributed by atoms with Gasteiger partial charge in [-0.15, -0.1) is 0 Å². The van der Waals surface area contributed by atoms with Gasteiger partial charge < -0.3 is 15.2 Å². The van der Waals surface area contributed by atoms with Crippen LogP contribution in [0.1, 0.15) is 53.4 Å². The van der Waals surface area contributed by atoms with Gasteiger partial charge in [-0.3, -0.25) is 0 Å². The molecule has 2 aromatic carbocycles. The molecule has 0 bridgehead atoms. The highest BCUT2D eigenvalue weighted by Gasteiger charge is 2.43. The minimum Gasteiger partial charge on any atom is -0.478 e. The van der Waals surface area contributed by atoms with Crippen molar-refractivity contribution in [2.75, 3.05) is 5.32 Å². The van der Waals surface area contributed by atoms with E-state index in [0.717, 1.165) is 5.56 Å². The van der Waals surface area contributed by atoms with Crippen LogP contribution in [0.2, 0.25) is 0 Å². The second-order valence-electron chi connectivity index (χ2n) is 9.35. The number of fused-ring (bicyclic) bond motifs is 1. The van der Waals surface area contributed by atoms with Crippen molar-refractivity contribution in [1.82, 2.24) is 0 Å². The third-order valence-corrected chi connectivity index (χ3v) is 6.40. The molecule has 0 saturated carbocycles. The fourth-order valence-corrected chi connectivity index (χ4v) is 4.54. The number of benzene rings is 2. The molecule has 0 radical (unpaired) electrons. The van der Waals surface area contributed by atoms with Crippen molar-refractivity contribution in [2.24, 2.45) is 5.92 Å². The summed E-state index contributed by atoms with van der Waals surface area (Å²) in [5, 5.41) is 12.8. The number of ether oxygens (including phenoxy) is 1. The first-order valence-electron chi connectivity index (χ1n) is 11.9. The highest BCUT2D eigenvalue weighted by atomic mass is 19.4. The Balaban J connectivity index is 1.84. The minimum atomic E-state index is -4.68. The molecule has 192 valence electrons. The average molecular weight is 508 g/mol. The van der Waals surface area contributed by atoms with Crippen molar-refractivity contribution in [3.8, 4) is 5.75 Å². The van der Waals surface area contributed by atoms with Gasteiger partial charge in [0.05, 0.1) is 11.6 Å². The highest BCUT2D eigenvalue weighted by Crippen LogP contribution is 2.49. The summed E-state index contributed by atoms with van der Waals surface area (Å²) in [6.07, 6.45) is 4.74. The van der Waals surface area contributed by atoms with Crippen LogP contribution in [0.3, 0.4) is 0 Å². The molecule has 0 aromatic heterocycles. The van der Waals surface area contributed by atoms with E-state index in [0.29, 0.717) is 23.2 Å². The lowest BCUT2D eigenvalue weighted by Gasteiger charge is -2.31. The van der Waals surface area contributed by atoms with Crippen LogP contribution in [0.15, 0.2) is 90.3 Å². The molecule has 0 amide bonds. The third kappa shape index (κ3) is 5.40. The number of hydrogen-bond donors (Lipinski definition) is 2. The summed E-state index contributed by atoms with van der Waals surface area (Å²) in [6.45, 7) is 9.43. The quantitative estimate of drug-likeness (QED) is 0.429. The largest absolute Gasteiger partial charge is 0.478 e. The van der Waals surface area contributed by atoms with Crippen LogP contribution in [-0.2, 0) is 0 Å². The van der Waals surface area contributed by atoms with Gasteiger partial charge in [-0.1, -0.05) is 62.1 Å². The van der Waals surface area contributed by atoms with E-state index in [2.05, 4.69) is 11.9 Å². The topological polar surface area (TPSA) is 58.6 Å². The molecule has 2 unspecified atom stereocenters. The van der Waals surface area contributed by atoms with E-state index < -0.39 is 23.8 Å². The highest BCUT2D eigenvalue weighted by molar-refractivity contribution is 5.94. The van der Waals surface area contributed by atoms with Crippen molar-refractivity contribution in [3.63, 3.8) is 0 Å². The zero-order chi connectivity index (χ0) is 26.9. The SMILES string of the molecule is C=C1C(C(F)(F)F)=C(C2=C\CC(C)\C=C/C=C\2)Oc2c1cc(C)cc2C(C)Nc1ccccc1C(=O)O. The number of aromatic carboxylic acids is 1. The van der Waals surface area contributed by atoms with Gasteiger partial charge >= 0.3 is 12.1 Å². The second-order valence-corrected chi connectivity index (χ2v) is 9.35. The molecule has 2 aliphatic rings. The van der Waals surface area contributed by atoms with Crippen LogP contribution < -0.4 is 10.1 Å². The first-order chi connectivity index (χ1) is 17.5. The van der Waals surface area contributed by atoms with Gasteiger partial charge in [0.15, 0.2) is 0 Å². The number of carboxylic acids is 1. The molecule has 4 rings (SSSR count). The predicted molar refractivity (Wildman–Crippen MR) is 140 cm³/mol. The Bertz CT molecular complexity index is 1380. The maximum atomic E-state index is 14.4. The van der Waals surface area contributed by atoms with Gasteiger partial charge in [0.2, 0.25) is 0 Å². The Kier molecular flexibility index (Phi) is 7.16. The predicted octanol–water partition coefficient (Wildman–Crippen LogP) is 8.17. The number of carbonyl (C=O) groups is 1. The zero-order valence-corrected chi connectivity index (χ0v) is 20.8. The van der Waals surface area contributed by atoms with Crippen LogP contribution in [0.5, 0.6) is 5.75 Å². The Labute approximate surface area is 214 Å². The Hall–Kier alpha value is -4.00. The molecule has 1 heterocycles. The van der Waals surface area contributed by atoms with E-state index in [9.17, 15) is 23.1 Å². The first-order valence-corrected chi connectivity index (χ1v) is 11.9. The first kappa shape index (κ1) is 26.1. The number of halogens is 3. The van der Waals surface area contributed by atoms with E-state index in [4.69, 9.17) is 4.74 Å². The Morgan fingerprint density at radius 2 is 1.95 bits per heavy atom. The standard InChI is InChI=1S/C30H28F3NO3/c1-17-9-5-6-10-21(14-13-17)27-26(30(31,32)33)19(3)23-15-18(2)16-24(28(23)37-27)20(4)34-25-12-8-7-11-22(25)29(35)36/h5-12,14-17,20,34H,3,13H2,1-2,4H3,(H,35,36)/b9-5-,10-6-,21-14-. The lowest BCUT2D eigenvalue weighted by Crippen LogP contribution is -2.24. The van der Waals surface area contributed by atoms with Gasteiger partial charge in [0, 0.05) is 22.4 Å². The molecule has 1 aliphatic carbocycles. The van der Waals surface area contributed by atoms with Crippen molar-refractivity contribution in [1.29, 1.82) is 0 Å². The lowest BCUT2D eigenvalue weighted by atomic mass is 9.87. The van der Waals surface area contributed by atoms with Gasteiger partial charge in [-0.05, 0) is 55.5 Å². The lowest BCUT2D eigenvalue weighted by molar-refractivity contribution is -0.0894. The fraction of sp³-hybridized carbons (Fsp3) is 0.233. The number of para-hydroxylation sites is 1. The number of nitrogens with one attached hydrogen (secondary N) is 1. The van der Waals surface area contributed by atoms with Crippen molar-refractivity contribution in [2.45, 2.75) is 39.4 Å². The fourth-order valence-electron chi connectivity index (χ4n) is 4.54. The molecule has 37 heavy (non-hydrogen) atoms. The van der Waals surface area contributed by atoms with Crippen LogP contribution in [0.4, 0.5) is 18.9 Å². The number of allylic oxidation sites excluding steroid dienone is 7. The number of aryl methyl sites for hydroxylation is 1. The summed E-state index contributed by atoms with van der Waals surface area (Å²) >= 11 is 0. The maximum absolute atomic E-state index is 14.4. The van der Waals surface area contributed by atoms with Gasteiger partial charge in [0.1, 0.15) is 17.1 Å².